The van der Waals surface area contributed by atoms with E-state index in [9.17, 15) is 4.79 Å². The van der Waals surface area contributed by atoms with Crippen LogP contribution >= 0.6 is 23.1 Å². The van der Waals surface area contributed by atoms with Crippen molar-refractivity contribution in [2.24, 2.45) is 0 Å². The van der Waals surface area contributed by atoms with Gasteiger partial charge in [0.25, 0.3) is 0 Å². The van der Waals surface area contributed by atoms with Crippen molar-refractivity contribution >= 4 is 34.0 Å². The number of thioether (sulfide) groups is 1. The number of anilines is 1. The van der Waals surface area contributed by atoms with Crippen molar-refractivity contribution < 1.29 is 4.79 Å². The number of hydrogen-bond acceptors (Lipinski definition) is 5. The van der Waals surface area contributed by atoms with E-state index < -0.39 is 0 Å². The van der Waals surface area contributed by atoms with Crippen molar-refractivity contribution in [1.82, 2.24) is 4.98 Å². The highest BCUT2D eigenvalue weighted by Gasteiger charge is 2.14. The van der Waals surface area contributed by atoms with Gasteiger partial charge < -0.3 is 4.90 Å². The van der Waals surface area contributed by atoms with E-state index in [1.165, 1.54) is 11.3 Å². The van der Waals surface area contributed by atoms with Crippen LogP contribution in [0.25, 0.3) is 0 Å². The molecule has 1 unspecified atom stereocenters. The molecule has 5 heteroatoms. The molecule has 15 heavy (non-hydrogen) atoms. The van der Waals surface area contributed by atoms with Gasteiger partial charge in [-0.3, -0.25) is 4.79 Å². The van der Waals surface area contributed by atoms with Crippen molar-refractivity contribution in [2.75, 3.05) is 24.0 Å². The molecule has 0 saturated heterocycles. The van der Waals surface area contributed by atoms with Crippen molar-refractivity contribution in [1.29, 1.82) is 0 Å². The van der Waals surface area contributed by atoms with Gasteiger partial charge in [0, 0.05) is 31.1 Å². The van der Waals surface area contributed by atoms with Crippen LogP contribution < -0.4 is 4.90 Å². The topological polar surface area (TPSA) is 33.2 Å². The Morgan fingerprint density at radius 2 is 2.40 bits per heavy atom. The van der Waals surface area contributed by atoms with Crippen molar-refractivity contribution in [3.63, 3.8) is 0 Å². The maximum Gasteiger partial charge on any atom is 0.185 e. The summed E-state index contributed by atoms with van der Waals surface area (Å²) in [4.78, 5) is 17.5. The number of carbonyl (C=O) groups is 1. The van der Waals surface area contributed by atoms with Crippen LogP contribution in [0.4, 0.5) is 5.13 Å². The Hall–Kier alpha value is -0.550. The van der Waals surface area contributed by atoms with Gasteiger partial charge in [0.1, 0.15) is 5.69 Å². The lowest BCUT2D eigenvalue weighted by Crippen LogP contribution is -2.30. The summed E-state index contributed by atoms with van der Waals surface area (Å²) < 4.78 is 0. The highest BCUT2D eigenvalue weighted by molar-refractivity contribution is 7.98. The van der Waals surface area contributed by atoms with Gasteiger partial charge in [-0.2, -0.15) is 11.8 Å². The molecule has 1 aromatic heterocycles. The minimum absolute atomic E-state index is 0.0309. The molecule has 84 valence electrons. The average Bonchev–Trinajstić information content (AvgIpc) is 2.65. The Bertz CT molecular complexity index is 338. The normalized spacial score (nSPS) is 12.5. The molecule has 1 atom stereocenters. The third-order valence-corrected chi connectivity index (χ3v) is 3.97. The molecule has 0 aliphatic rings. The first-order chi connectivity index (χ1) is 7.06. The van der Waals surface area contributed by atoms with Crippen LogP contribution in [-0.2, 0) is 0 Å². The van der Waals surface area contributed by atoms with Gasteiger partial charge in [0.15, 0.2) is 10.9 Å². The lowest BCUT2D eigenvalue weighted by Gasteiger charge is -2.23. The molecule has 1 rings (SSSR count). The van der Waals surface area contributed by atoms with Gasteiger partial charge in [0.05, 0.1) is 0 Å². The van der Waals surface area contributed by atoms with Crippen molar-refractivity contribution in [2.45, 2.75) is 19.9 Å². The molecular weight excluding hydrogens is 228 g/mol. The molecule has 3 nitrogen and oxygen atoms in total. The summed E-state index contributed by atoms with van der Waals surface area (Å²) in [7, 11) is 2.02. The molecule has 0 aliphatic heterocycles. The zero-order chi connectivity index (χ0) is 11.4. The molecule has 0 aliphatic carbocycles. The van der Waals surface area contributed by atoms with E-state index in [0.29, 0.717) is 11.7 Å². The number of rotatable bonds is 5. The summed E-state index contributed by atoms with van der Waals surface area (Å²) in [6.07, 6.45) is 2.09. The van der Waals surface area contributed by atoms with Gasteiger partial charge in [0.2, 0.25) is 0 Å². The maximum atomic E-state index is 11.1. The Balaban J connectivity index is 2.73. The molecule has 0 spiro atoms. The summed E-state index contributed by atoms with van der Waals surface area (Å²) >= 11 is 3.34. The number of aromatic nitrogens is 1. The summed E-state index contributed by atoms with van der Waals surface area (Å²) in [5.74, 6) is 1.09. The maximum absolute atomic E-state index is 11.1. The molecule has 0 saturated carbocycles. The molecular formula is C10H16N2OS2. The zero-order valence-electron chi connectivity index (χ0n) is 9.48. The molecule has 0 radical (unpaired) electrons. The van der Waals surface area contributed by atoms with Crippen LogP contribution in [0.1, 0.15) is 24.3 Å². The SMILES string of the molecule is CSCC(C)N(C)c1nc(C(C)=O)cs1. The quantitative estimate of drug-likeness (QED) is 0.745. The second kappa shape index (κ2) is 5.51. The minimum Gasteiger partial charge on any atom is -0.348 e. The number of nitrogens with zero attached hydrogens (tertiary/aromatic N) is 2. The first-order valence-corrected chi connectivity index (χ1v) is 7.01. The molecule has 1 aromatic rings. The molecule has 0 bridgehead atoms. The Labute approximate surface area is 98.9 Å². The summed E-state index contributed by atoms with van der Waals surface area (Å²) in [6, 6.07) is 0.436. The zero-order valence-corrected chi connectivity index (χ0v) is 11.1. The lowest BCUT2D eigenvalue weighted by atomic mass is 10.3. The predicted molar refractivity (Wildman–Crippen MR) is 68.4 cm³/mol. The van der Waals surface area contributed by atoms with Crippen molar-refractivity contribution in [3.05, 3.63) is 11.1 Å². The van der Waals surface area contributed by atoms with Crippen LogP contribution in [0, 0.1) is 0 Å². The highest BCUT2D eigenvalue weighted by Crippen LogP contribution is 2.22. The van der Waals surface area contributed by atoms with Gasteiger partial charge in [-0.05, 0) is 13.2 Å². The van der Waals surface area contributed by atoms with Crippen LogP contribution in [0.5, 0.6) is 0 Å². The lowest BCUT2D eigenvalue weighted by molar-refractivity contribution is 0.101. The molecule has 0 amide bonds. The number of thiazole rings is 1. The number of ketones is 1. The van der Waals surface area contributed by atoms with E-state index in [0.717, 1.165) is 10.9 Å². The average molecular weight is 244 g/mol. The Morgan fingerprint density at radius 1 is 1.73 bits per heavy atom. The van der Waals surface area contributed by atoms with Crippen LogP contribution in [0.2, 0.25) is 0 Å². The number of Topliss-reactive ketones (excluding diaryl/α,β-unsaturated/α-hetero) is 1. The Morgan fingerprint density at radius 3 is 2.87 bits per heavy atom. The second-order valence-electron chi connectivity index (χ2n) is 3.49. The predicted octanol–water partition coefficient (Wildman–Crippen LogP) is 2.53. The van der Waals surface area contributed by atoms with Gasteiger partial charge in [-0.25, -0.2) is 4.98 Å². The number of hydrogen-bond donors (Lipinski definition) is 0. The first kappa shape index (κ1) is 12.5. The van der Waals surface area contributed by atoms with Gasteiger partial charge >= 0.3 is 0 Å². The molecule has 0 fully saturated rings. The van der Waals surface area contributed by atoms with Gasteiger partial charge in [-0.1, -0.05) is 0 Å². The fraction of sp³-hybridized carbons (Fsp3) is 0.600. The summed E-state index contributed by atoms with van der Waals surface area (Å²) in [5, 5.41) is 2.74. The fourth-order valence-electron chi connectivity index (χ4n) is 1.13. The Kier molecular flexibility index (Phi) is 4.60. The first-order valence-electron chi connectivity index (χ1n) is 4.74. The molecule has 0 N–H and O–H groups in total. The second-order valence-corrected chi connectivity index (χ2v) is 5.23. The van der Waals surface area contributed by atoms with E-state index in [1.807, 2.05) is 24.2 Å². The highest BCUT2D eigenvalue weighted by atomic mass is 32.2. The largest absolute Gasteiger partial charge is 0.348 e. The van der Waals surface area contributed by atoms with E-state index >= 15 is 0 Å². The number of carbonyl (C=O) groups excluding carboxylic acids is 1. The fourth-order valence-corrected chi connectivity index (χ4v) is 2.77. The standard InChI is InChI=1S/C10H16N2OS2/c1-7(5-14-4)12(3)10-11-9(6-15-10)8(2)13/h6-7H,5H2,1-4H3. The van der Waals surface area contributed by atoms with Crippen LogP contribution in [0.15, 0.2) is 5.38 Å². The smallest absolute Gasteiger partial charge is 0.185 e. The third-order valence-electron chi connectivity index (χ3n) is 2.22. The minimum atomic E-state index is 0.0309. The van der Waals surface area contributed by atoms with Crippen molar-refractivity contribution in [3.8, 4) is 0 Å². The summed E-state index contributed by atoms with van der Waals surface area (Å²) in [5.41, 5.74) is 0.568. The monoisotopic (exact) mass is 244 g/mol. The van der Waals surface area contributed by atoms with E-state index in [1.54, 1.807) is 6.92 Å². The summed E-state index contributed by atoms with van der Waals surface area (Å²) in [6.45, 7) is 3.70. The van der Waals surface area contributed by atoms with E-state index in [-0.39, 0.29) is 5.78 Å². The molecule has 0 aromatic carbocycles. The van der Waals surface area contributed by atoms with E-state index in [2.05, 4.69) is 23.1 Å². The van der Waals surface area contributed by atoms with Gasteiger partial charge in [-0.15, -0.1) is 11.3 Å². The van der Waals surface area contributed by atoms with Crippen LogP contribution in [-0.4, -0.2) is 35.9 Å². The molecule has 1 heterocycles. The third kappa shape index (κ3) is 3.21. The van der Waals surface area contributed by atoms with Crippen LogP contribution in [0.3, 0.4) is 0 Å². The van der Waals surface area contributed by atoms with E-state index in [4.69, 9.17) is 0 Å².